The summed E-state index contributed by atoms with van der Waals surface area (Å²) >= 11 is 1.52. The van der Waals surface area contributed by atoms with Crippen molar-refractivity contribution in [1.82, 2.24) is 9.62 Å². The van der Waals surface area contributed by atoms with E-state index >= 15 is 0 Å². The summed E-state index contributed by atoms with van der Waals surface area (Å²) in [6, 6.07) is 18.9. The Kier molecular flexibility index (Phi) is 6.67. The predicted octanol–water partition coefficient (Wildman–Crippen LogP) is 3.45. The van der Waals surface area contributed by atoms with Crippen LogP contribution in [0.15, 0.2) is 70.9 Å². The molecule has 1 amide bonds. The molecule has 1 heterocycles. The van der Waals surface area contributed by atoms with Crippen molar-refractivity contribution in [3.05, 3.63) is 87.6 Å². The molecule has 0 radical (unpaired) electrons. The highest BCUT2D eigenvalue weighted by atomic mass is 32.2. The molecule has 0 aliphatic heterocycles. The summed E-state index contributed by atoms with van der Waals surface area (Å²) in [6.07, 6.45) is 0. The van der Waals surface area contributed by atoms with E-state index < -0.39 is 15.9 Å². The van der Waals surface area contributed by atoms with Gasteiger partial charge in [0, 0.05) is 11.9 Å². The van der Waals surface area contributed by atoms with Gasteiger partial charge in [-0.05, 0) is 48.2 Å². The Morgan fingerprint density at radius 2 is 1.80 bits per heavy atom. The molecule has 3 rings (SSSR count). The molecule has 1 atom stereocenters. The molecule has 3 aromatic rings. The first-order valence-corrected chi connectivity index (χ1v) is 11.5. The number of thiophene rings is 1. The maximum absolute atomic E-state index is 12.8. The lowest BCUT2D eigenvalue weighted by Crippen LogP contribution is -2.40. The lowest BCUT2D eigenvalue weighted by molar-refractivity contribution is -0.121. The molecule has 0 fully saturated rings. The zero-order valence-corrected chi connectivity index (χ0v) is 18.2. The van der Waals surface area contributed by atoms with E-state index in [1.54, 1.807) is 0 Å². The number of nitrogens with one attached hydrogen (secondary N) is 1. The fraction of sp³-hybridized carbons (Fsp3) is 0.182. The Balaban J connectivity index is 1.76. The molecule has 0 spiro atoms. The van der Waals surface area contributed by atoms with Crippen molar-refractivity contribution in [2.75, 3.05) is 13.6 Å². The highest BCUT2D eigenvalue weighted by Crippen LogP contribution is 2.26. The van der Waals surface area contributed by atoms with Gasteiger partial charge in [-0.25, -0.2) is 8.42 Å². The molecule has 8 heteroatoms. The van der Waals surface area contributed by atoms with E-state index in [-0.39, 0.29) is 17.5 Å². The number of aryl methyl sites for hydroxylation is 1. The summed E-state index contributed by atoms with van der Waals surface area (Å²) in [7, 11) is -2.49. The van der Waals surface area contributed by atoms with Crippen molar-refractivity contribution in [1.29, 1.82) is 5.26 Å². The summed E-state index contributed by atoms with van der Waals surface area (Å²) < 4.78 is 26.5. The lowest BCUT2D eigenvalue weighted by Gasteiger charge is -2.21. The standard InChI is InChI=1S/C22H21N3O3S2/c1-16-5-9-18(10-6-16)22(20-4-3-13-29-20)24-21(26)15-25(2)30(27,28)19-11-7-17(14-23)8-12-19/h3-13,22H,15H2,1-2H3,(H,24,26). The Labute approximate surface area is 180 Å². The van der Waals surface area contributed by atoms with Crippen LogP contribution in [0, 0.1) is 18.3 Å². The van der Waals surface area contributed by atoms with Crippen molar-refractivity contribution < 1.29 is 13.2 Å². The van der Waals surface area contributed by atoms with E-state index in [1.165, 1.54) is 42.6 Å². The first-order chi connectivity index (χ1) is 14.3. The number of nitrogens with zero attached hydrogens (tertiary/aromatic N) is 2. The molecule has 0 saturated heterocycles. The number of hydrogen-bond acceptors (Lipinski definition) is 5. The van der Waals surface area contributed by atoms with Gasteiger partial charge in [-0.3, -0.25) is 4.79 Å². The molecule has 154 valence electrons. The van der Waals surface area contributed by atoms with E-state index in [4.69, 9.17) is 5.26 Å². The normalized spacial score (nSPS) is 12.3. The molecule has 1 aromatic heterocycles. The monoisotopic (exact) mass is 439 g/mol. The van der Waals surface area contributed by atoms with Crippen LogP contribution in [-0.2, 0) is 14.8 Å². The number of rotatable bonds is 7. The van der Waals surface area contributed by atoms with Gasteiger partial charge in [0.1, 0.15) is 0 Å². The molecule has 6 nitrogen and oxygen atoms in total. The van der Waals surface area contributed by atoms with Crippen molar-refractivity contribution in [2.24, 2.45) is 0 Å². The quantitative estimate of drug-likeness (QED) is 0.610. The van der Waals surface area contributed by atoms with Crippen molar-refractivity contribution in [3.8, 4) is 6.07 Å². The van der Waals surface area contributed by atoms with Crippen LogP contribution in [-0.4, -0.2) is 32.2 Å². The van der Waals surface area contributed by atoms with Gasteiger partial charge in [-0.2, -0.15) is 9.57 Å². The number of amides is 1. The minimum atomic E-state index is -3.85. The van der Waals surface area contributed by atoms with Gasteiger partial charge in [0.15, 0.2) is 0 Å². The van der Waals surface area contributed by atoms with Gasteiger partial charge in [-0.1, -0.05) is 35.9 Å². The van der Waals surface area contributed by atoms with Crippen molar-refractivity contribution in [3.63, 3.8) is 0 Å². The summed E-state index contributed by atoms with van der Waals surface area (Å²) in [6.45, 7) is 1.67. The van der Waals surface area contributed by atoms with Crippen LogP contribution < -0.4 is 5.32 Å². The fourth-order valence-electron chi connectivity index (χ4n) is 2.91. The minimum absolute atomic E-state index is 0.0325. The number of carbonyl (C=O) groups is 1. The van der Waals surface area contributed by atoms with Crippen LogP contribution in [0.25, 0.3) is 0 Å². The number of benzene rings is 2. The molecule has 0 bridgehead atoms. The average Bonchev–Trinajstić information content (AvgIpc) is 3.27. The number of likely N-dealkylation sites (N-methyl/N-ethyl adjacent to an activating group) is 1. The molecular weight excluding hydrogens is 418 g/mol. The topological polar surface area (TPSA) is 90.3 Å². The zero-order valence-electron chi connectivity index (χ0n) is 16.6. The van der Waals surface area contributed by atoms with Crippen LogP contribution in [0.4, 0.5) is 0 Å². The van der Waals surface area contributed by atoms with Gasteiger partial charge in [-0.15, -0.1) is 11.3 Å². The smallest absolute Gasteiger partial charge is 0.243 e. The average molecular weight is 440 g/mol. The minimum Gasteiger partial charge on any atom is -0.343 e. The zero-order chi connectivity index (χ0) is 21.7. The predicted molar refractivity (Wildman–Crippen MR) is 116 cm³/mol. The SMILES string of the molecule is Cc1ccc(C(NC(=O)CN(C)S(=O)(=O)c2ccc(C#N)cc2)c2cccs2)cc1. The second kappa shape index (κ2) is 9.22. The van der Waals surface area contributed by atoms with Gasteiger partial charge in [0.2, 0.25) is 15.9 Å². The van der Waals surface area contributed by atoms with E-state index in [0.29, 0.717) is 5.56 Å². The largest absolute Gasteiger partial charge is 0.343 e. The third-order valence-corrected chi connectivity index (χ3v) is 7.36. The second-order valence-corrected chi connectivity index (χ2v) is 9.85. The third-order valence-electron chi connectivity index (χ3n) is 4.60. The van der Waals surface area contributed by atoms with E-state index in [9.17, 15) is 13.2 Å². The summed E-state index contributed by atoms with van der Waals surface area (Å²) in [5.41, 5.74) is 2.41. The maximum Gasteiger partial charge on any atom is 0.243 e. The Morgan fingerprint density at radius 1 is 1.13 bits per heavy atom. The third kappa shape index (κ3) is 4.94. The number of hydrogen-bond donors (Lipinski definition) is 1. The Morgan fingerprint density at radius 3 is 2.37 bits per heavy atom. The fourth-order valence-corrected chi connectivity index (χ4v) is 4.84. The van der Waals surface area contributed by atoms with E-state index in [1.807, 2.05) is 54.8 Å². The number of sulfonamides is 1. The molecule has 0 aliphatic rings. The lowest BCUT2D eigenvalue weighted by atomic mass is 10.0. The summed E-state index contributed by atoms with van der Waals surface area (Å²) in [5.74, 6) is -0.409. The van der Waals surface area contributed by atoms with Crippen molar-refractivity contribution in [2.45, 2.75) is 17.9 Å². The summed E-state index contributed by atoms with van der Waals surface area (Å²) in [5, 5.41) is 13.8. The molecule has 0 saturated carbocycles. The van der Waals surface area contributed by atoms with Gasteiger partial charge in [0.25, 0.3) is 0 Å². The highest BCUT2D eigenvalue weighted by molar-refractivity contribution is 7.89. The van der Waals surface area contributed by atoms with E-state index in [2.05, 4.69) is 5.32 Å². The van der Waals surface area contributed by atoms with Gasteiger partial charge < -0.3 is 5.32 Å². The molecule has 1 N–H and O–H groups in total. The Hall–Kier alpha value is -2.99. The Bertz CT molecular complexity index is 1150. The van der Waals surface area contributed by atoms with Crippen molar-refractivity contribution >= 4 is 27.3 Å². The van der Waals surface area contributed by atoms with Crippen LogP contribution in [0.3, 0.4) is 0 Å². The first-order valence-electron chi connectivity index (χ1n) is 9.17. The van der Waals surface area contributed by atoms with E-state index in [0.717, 1.165) is 20.3 Å². The van der Waals surface area contributed by atoms with Gasteiger partial charge in [0.05, 0.1) is 29.1 Å². The van der Waals surface area contributed by atoms with Crippen LogP contribution in [0.5, 0.6) is 0 Å². The van der Waals surface area contributed by atoms with Crippen LogP contribution in [0.1, 0.15) is 27.6 Å². The van der Waals surface area contributed by atoms with Gasteiger partial charge >= 0.3 is 0 Å². The van der Waals surface area contributed by atoms with Crippen LogP contribution >= 0.6 is 11.3 Å². The van der Waals surface area contributed by atoms with Crippen LogP contribution in [0.2, 0.25) is 0 Å². The molecular formula is C22H21N3O3S2. The molecule has 0 aliphatic carbocycles. The summed E-state index contributed by atoms with van der Waals surface area (Å²) in [4.78, 5) is 13.7. The molecule has 1 unspecified atom stereocenters. The number of carbonyl (C=O) groups excluding carboxylic acids is 1. The molecule has 2 aromatic carbocycles. The maximum atomic E-state index is 12.8. The first kappa shape index (κ1) is 21.7. The second-order valence-electron chi connectivity index (χ2n) is 6.82. The molecule has 30 heavy (non-hydrogen) atoms. The highest BCUT2D eigenvalue weighted by Gasteiger charge is 2.25. The number of nitriles is 1.